The number of nitrogens with two attached hydrogens (primary N) is 1. The van der Waals surface area contributed by atoms with Crippen molar-refractivity contribution in [1.29, 1.82) is 0 Å². The first-order valence-electron chi connectivity index (χ1n) is 10.8. The van der Waals surface area contributed by atoms with Crippen molar-refractivity contribution in [3.05, 3.63) is 70.8 Å². The molecule has 0 spiro atoms. The first-order valence-corrected chi connectivity index (χ1v) is 10.8. The molecule has 2 heterocycles. The molecule has 2 atom stereocenters. The van der Waals surface area contributed by atoms with E-state index in [2.05, 4.69) is 10.6 Å². The fraction of sp³-hybridized carbons (Fsp3) is 0.333. The molecule has 0 aliphatic carbocycles. The molecule has 0 aromatic heterocycles. The summed E-state index contributed by atoms with van der Waals surface area (Å²) in [6.07, 6.45) is 1.92. The number of nitrogens with one attached hydrogen (secondary N) is 2. The molecule has 2 aliphatic rings. The Balaban J connectivity index is 1.56. The number of carbonyl (C=O) groups excluding carboxylic acids is 4. The van der Waals surface area contributed by atoms with Crippen LogP contribution in [0.15, 0.2) is 48.5 Å². The van der Waals surface area contributed by atoms with Crippen LogP contribution in [0.3, 0.4) is 0 Å². The Kier molecular flexibility index (Phi) is 6.43. The lowest BCUT2D eigenvalue weighted by Gasteiger charge is -2.27. The topological polar surface area (TPSA) is 122 Å². The Morgan fingerprint density at radius 1 is 1.03 bits per heavy atom. The van der Waals surface area contributed by atoms with Gasteiger partial charge in [-0.1, -0.05) is 42.5 Å². The minimum Gasteiger partial charge on any atom is -0.330 e. The molecule has 0 bridgehead atoms. The van der Waals surface area contributed by atoms with Crippen molar-refractivity contribution >= 4 is 23.6 Å². The predicted octanol–water partition coefficient (Wildman–Crippen LogP) is 1.66. The molecule has 166 valence electrons. The summed E-state index contributed by atoms with van der Waals surface area (Å²) in [6.45, 7) is 0.967. The first-order chi connectivity index (χ1) is 15.5. The van der Waals surface area contributed by atoms with Gasteiger partial charge in [0.1, 0.15) is 6.04 Å². The fourth-order valence-corrected chi connectivity index (χ4v) is 4.36. The Hall–Kier alpha value is -3.36. The zero-order valence-electron chi connectivity index (χ0n) is 17.7. The highest BCUT2D eigenvalue weighted by atomic mass is 16.2. The van der Waals surface area contributed by atoms with E-state index < -0.39 is 29.7 Å². The average molecular weight is 434 g/mol. The van der Waals surface area contributed by atoms with Crippen molar-refractivity contribution < 1.29 is 19.2 Å². The third-order valence-corrected chi connectivity index (χ3v) is 5.99. The second-order valence-electron chi connectivity index (χ2n) is 8.06. The van der Waals surface area contributed by atoms with Crippen molar-refractivity contribution in [2.75, 3.05) is 6.54 Å². The summed E-state index contributed by atoms with van der Waals surface area (Å²) in [5.41, 5.74) is 8.14. The van der Waals surface area contributed by atoms with Crippen molar-refractivity contribution in [2.24, 2.45) is 5.73 Å². The number of carbonyl (C=O) groups is 4. The van der Waals surface area contributed by atoms with E-state index in [1.165, 1.54) is 0 Å². The zero-order chi connectivity index (χ0) is 22.7. The summed E-state index contributed by atoms with van der Waals surface area (Å²) in [5, 5.41) is 5.72. The van der Waals surface area contributed by atoms with Gasteiger partial charge in [-0.2, -0.15) is 0 Å². The van der Waals surface area contributed by atoms with Crippen LogP contribution in [0, 0.1) is 0 Å². The molecule has 32 heavy (non-hydrogen) atoms. The molecule has 1 saturated heterocycles. The normalized spacial score (nSPS) is 19.2. The highest BCUT2D eigenvalue weighted by molar-refractivity contribution is 6.24. The van der Waals surface area contributed by atoms with Crippen LogP contribution >= 0.6 is 0 Å². The number of nitrogens with zero attached hydrogens (tertiary/aromatic N) is 1. The van der Waals surface area contributed by atoms with Gasteiger partial charge in [0.2, 0.25) is 11.8 Å². The van der Waals surface area contributed by atoms with E-state index in [9.17, 15) is 19.2 Å². The zero-order valence-corrected chi connectivity index (χ0v) is 17.7. The molecule has 4 rings (SSSR count). The highest BCUT2D eigenvalue weighted by Crippen LogP contribution is 2.30. The lowest BCUT2D eigenvalue weighted by Crippen LogP contribution is -2.54. The Bertz CT molecular complexity index is 1050. The Morgan fingerprint density at radius 2 is 1.81 bits per heavy atom. The summed E-state index contributed by atoms with van der Waals surface area (Å²) in [4.78, 5) is 51.0. The number of benzene rings is 2. The number of fused-ring (bicyclic) bond motifs is 1. The first kappa shape index (κ1) is 21.9. The van der Waals surface area contributed by atoms with Gasteiger partial charge in [0.25, 0.3) is 11.8 Å². The summed E-state index contributed by atoms with van der Waals surface area (Å²) < 4.78 is 0. The van der Waals surface area contributed by atoms with Gasteiger partial charge in [-0.15, -0.1) is 0 Å². The summed E-state index contributed by atoms with van der Waals surface area (Å²) in [6, 6.07) is 14.3. The number of hydrogen-bond donors (Lipinski definition) is 3. The minimum atomic E-state index is -0.970. The second-order valence-corrected chi connectivity index (χ2v) is 8.06. The van der Waals surface area contributed by atoms with Gasteiger partial charge in [0, 0.05) is 19.0 Å². The van der Waals surface area contributed by atoms with E-state index in [1.54, 1.807) is 12.1 Å². The van der Waals surface area contributed by atoms with E-state index in [1.807, 2.05) is 36.4 Å². The van der Waals surface area contributed by atoms with Gasteiger partial charge in [-0.25, -0.2) is 0 Å². The van der Waals surface area contributed by atoms with Gasteiger partial charge in [0.05, 0.1) is 11.1 Å². The van der Waals surface area contributed by atoms with Gasteiger partial charge in [-0.3, -0.25) is 29.4 Å². The van der Waals surface area contributed by atoms with Crippen molar-refractivity contribution in [3.8, 4) is 0 Å². The summed E-state index contributed by atoms with van der Waals surface area (Å²) in [7, 11) is 0. The average Bonchev–Trinajstić information content (AvgIpc) is 3.05. The van der Waals surface area contributed by atoms with Gasteiger partial charge in [-0.05, 0) is 43.0 Å². The predicted molar refractivity (Wildman–Crippen MR) is 117 cm³/mol. The molecule has 2 aromatic carbocycles. The van der Waals surface area contributed by atoms with E-state index in [4.69, 9.17) is 5.73 Å². The van der Waals surface area contributed by atoms with Gasteiger partial charge >= 0.3 is 0 Å². The molecule has 1 fully saturated rings. The molecule has 2 aliphatic heterocycles. The van der Waals surface area contributed by atoms with Crippen LogP contribution in [0.4, 0.5) is 0 Å². The van der Waals surface area contributed by atoms with Crippen LogP contribution < -0.4 is 16.4 Å². The molecule has 8 heteroatoms. The lowest BCUT2D eigenvalue weighted by molar-refractivity contribution is -0.136. The molecular formula is C24H26N4O4. The number of piperidine rings is 1. The summed E-state index contributed by atoms with van der Waals surface area (Å²) in [5.74, 6) is -1.99. The number of imide groups is 2. The lowest BCUT2D eigenvalue weighted by atomic mass is 9.99. The maximum Gasteiger partial charge on any atom is 0.262 e. The maximum absolute atomic E-state index is 13.2. The van der Waals surface area contributed by atoms with E-state index in [0.29, 0.717) is 24.2 Å². The standard InChI is InChI=1S/C24H26N4O4/c25-13-5-10-18(15-6-2-1-3-7-15)26-14-16-8-4-9-17-21(16)24(32)28(23(17)31)19-11-12-20(29)27-22(19)30/h1-4,6-9,18-19,26H,5,10-14,25H2,(H,27,29,30). The van der Waals surface area contributed by atoms with Gasteiger partial charge < -0.3 is 11.1 Å². The molecule has 0 radical (unpaired) electrons. The van der Waals surface area contributed by atoms with Crippen molar-refractivity contribution in [2.45, 2.75) is 44.3 Å². The molecular weight excluding hydrogens is 408 g/mol. The molecule has 2 unspecified atom stereocenters. The fourth-order valence-electron chi connectivity index (χ4n) is 4.36. The SMILES string of the molecule is NCCCC(NCc1cccc2c1C(=O)N(C1CCC(=O)NC1=O)C2=O)c1ccccc1. The highest BCUT2D eigenvalue weighted by Gasteiger charge is 2.45. The molecule has 2 aromatic rings. The van der Waals surface area contributed by atoms with Crippen molar-refractivity contribution in [3.63, 3.8) is 0 Å². The Labute approximate surface area is 186 Å². The van der Waals surface area contributed by atoms with Crippen LogP contribution in [0.25, 0.3) is 0 Å². The number of rotatable bonds is 8. The van der Waals surface area contributed by atoms with Crippen LogP contribution in [0.5, 0.6) is 0 Å². The van der Waals surface area contributed by atoms with Crippen LogP contribution in [0.1, 0.15) is 63.6 Å². The van der Waals surface area contributed by atoms with Gasteiger partial charge in [0.15, 0.2) is 0 Å². The third-order valence-electron chi connectivity index (χ3n) is 5.99. The van der Waals surface area contributed by atoms with Crippen LogP contribution in [0.2, 0.25) is 0 Å². The van der Waals surface area contributed by atoms with E-state index >= 15 is 0 Å². The smallest absolute Gasteiger partial charge is 0.262 e. The second kappa shape index (κ2) is 9.42. The largest absolute Gasteiger partial charge is 0.330 e. The van der Waals surface area contributed by atoms with E-state index in [-0.39, 0.29) is 24.4 Å². The Morgan fingerprint density at radius 3 is 2.53 bits per heavy atom. The van der Waals surface area contributed by atoms with Crippen LogP contribution in [-0.2, 0) is 16.1 Å². The molecule has 0 saturated carbocycles. The summed E-state index contributed by atoms with van der Waals surface area (Å²) >= 11 is 0. The maximum atomic E-state index is 13.2. The van der Waals surface area contributed by atoms with Crippen molar-refractivity contribution in [1.82, 2.24) is 15.5 Å². The molecule has 4 N–H and O–H groups in total. The third kappa shape index (κ3) is 4.19. The van der Waals surface area contributed by atoms with Crippen LogP contribution in [-0.4, -0.2) is 41.1 Å². The van der Waals surface area contributed by atoms with E-state index in [0.717, 1.165) is 23.3 Å². The molecule has 4 amide bonds. The monoisotopic (exact) mass is 434 g/mol. The quantitative estimate of drug-likeness (QED) is 0.543. The molecule has 8 nitrogen and oxygen atoms in total. The number of hydrogen-bond acceptors (Lipinski definition) is 6. The minimum absolute atomic E-state index is 0.0500. The number of amides is 4.